The Labute approximate surface area is 256 Å². The van der Waals surface area contributed by atoms with E-state index in [1.165, 1.54) is 11.8 Å². The second-order valence-electron chi connectivity index (χ2n) is 10.6. The minimum absolute atomic E-state index is 0.0332. The van der Waals surface area contributed by atoms with E-state index in [1.54, 1.807) is 66.4 Å². The first kappa shape index (κ1) is 31.9. The summed E-state index contributed by atoms with van der Waals surface area (Å²) >= 11 is 6.29. The van der Waals surface area contributed by atoms with Crippen LogP contribution in [0, 0.1) is 5.92 Å². The van der Waals surface area contributed by atoms with Crippen LogP contribution in [0.5, 0.6) is 0 Å². The highest BCUT2D eigenvalue weighted by Crippen LogP contribution is 2.46. The molecule has 226 valence electrons. The smallest absolute Gasteiger partial charge is 0.264 e. The fourth-order valence-corrected chi connectivity index (χ4v) is 5.23. The third kappa shape index (κ3) is 7.32. The lowest BCUT2D eigenvalue weighted by atomic mass is 9.83. The Morgan fingerprint density at radius 3 is 2.40 bits per heavy atom. The molecular formula is C33H36ClN3O6. The molecule has 3 atom stereocenters. The Hall–Kier alpha value is -4.02. The Balaban J connectivity index is 1.50. The number of amides is 3. The van der Waals surface area contributed by atoms with Crippen LogP contribution in [-0.4, -0.2) is 57.2 Å². The molecular weight excluding hydrogens is 570 g/mol. The normalized spacial score (nSPS) is 17.5. The van der Waals surface area contributed by atoms with Crippen molar-refractivity contribution in [1.29, 1.82) is 0 Å². The molecule has 43 heavy (non-hydrogen) atoms. The number of hydrogen-bond donors (Lipinski definition) is 4. The molecule has 10 heteroatoms. The van der Waals surface area contributed by atoms with Crippen LogP contribution in [0.15, 0.2) is 84.9 Å². The molecule has 9 nitrogen and oxygen atoms in total. The van der Waals surface area contributed by atoms with Gasteiger partial charge in [0.2, 0.25) is 5.91 Å². The molecule has 0 aromatic heterocycles. The quantitative estimate of drug-likeness (QED) is 0.231. The summed E-state index contributed by atoms with van der Waals surface area (Å²) in [5.74, 6) is -1.94. The number of hydrogen-bond acceptors (Lipinski definition) is 6. The van der Waals surface area contributed by atoms with E-state index in [4.69, 9.17) is 11.6 Å². The van der Waals surface area contributed by atoms with Crippen molar-refractivity contribution in [3.05, 3.63) is 107 Å². The minimum Gasteiger partial charge on any atom is -0.395 e. The van der Waals surface area contributed by atoms with Crippen molar-refractivity contribution in [3.63, 3.8) is 0 Å². The van der Waals surface area contributed by atoms with Crippen LogP contribution in [0.25, 0.3) is 0 Å². The number of anilines is 2. The molecule has 1 heterocycles. The molecule has 3 aromatic carbocycles. The van der Waals surface area contributed by atoms with Crippen molar-refractivity contribution in [2.45, 2.75) is 45.1 Å². The van der Waals surface area contributed by atoms with Crippen LogP contribution in [0.2, 0.25) is 5.02 Å². The van der Waals surface area contributed by atoms with E-state index in [0.717, 1.165) is 11.1 Å². The number of rotatable bonds is 12. The summed E-state index contributed by atoms with van der Waals surface area (Å²) in [4.78, 5) is 41.6. The van der Waals surface area contributed by atoms with Gasteiger partial charge < -0.3 is 30.4 Å². The van der Waals surface area contributed by atoms with Gasteiger partial charge in [-0.25, -0.2) is 0 Å². The number of fused-ring (bicyclic) bond motifs is 1. The van der Waals surface area contributed by atoms with Crippen LogP contribution in [-0.2, 0) is 33.1 Å². The van der Waals surface area contributed by atoms with E-state index in [0.29, 0.717) is 28.5 Å². The number of nitrogens with one attached hydrogen (secondary N) is 1. The molecule has 1 aliphatic rings. The van der Waals surface area contributed by atoms with Crippen LogP contribution in [0.4, 0.5) is 11.4 Å². The molecule has 0 unspecified atom stereocenters. The van der Waals surface area contributed by atoms with Crippen molar-refractivity contribution in [2.24, 2.45) is 5.92 Å². The average molecular weight is 606 g/mol. The third-order valence-corrected chi connectivity index (χ3v) is 7.72. The van der Waals surface area contributed by atoms with Crippen LogP contribution >= 0.6 is 11.6 Å². The van der Waals surface area contributed by atoms with Gasteiger partial charge in [0.15, 0.2) is 5.60 Å². The zero-order chi connectivity index (χ0) is 31.1. The minimum atomic E-state index is -1.92. The van der Waals surface area contributed by atoms with E-state index in [1.807, 2.05) is 30.3 Å². The van der Waals surface area contributed by atoms with E-state index in [-0.39, 0.29) is 32.0 Å². The molecule has 0 spiro atoms. The second kappa shape index (κ2) is 14.0. The molecule has 4 N–H and O–H groups in total. The SMILES string of the molecule is C[C@H](O)C(=O)Nc1ccc(CN2C(=O)[C@](O)([C@H](C)/C=C/CC(=O)N(CCO)Cc3ccccc3)c3cc(Cl)ccc32)cc1. The largest absolute Gasteiger partial charge is 0.395 e. The number of benzene rings is 3. The molecule has 0 radical (unpaired) electrons. The van der Waals surface area contributed by atoms with Gasteiger partial charge >= 0.3 is 0 Å². The first-order valence-corrected chi connectivity index (χ1v) is 14.4. The molecule has 0 aliphatic carbocycles. The number of nitrogens with zero attached hydrogens (tertiary/aromatic N) is 2. The lowest BCUT2D eigenvalue weighted by molar-refractivity contribution is -0.139. The van der Waals surface area contributed by atoms with Gasteiger partial charge in [-0.15, -0.1) is 0 Å². The average Bonchev–Trinajstić information content (AvgIpc) is 3.20. The van der Waals surface area contributed by atoms with Gasteiger partial charge in [-0.3, -0.25) is 14.4 Å². The molecule has 3 aromatic rings. The van der Waals surface area contributed by atoms with Crippen LogP contribution in [0.3, 0.4) is 0 Å². The maximum atomic E-state index is 13.8. The molecule has 0 bridgehead atoms. The number of aliphatic hydroxyl groups is 3. The Morgan fingerprint density at radius 1 is 1.05 bits per heavy atom. The summed E-state index contributed by atoms with van der Waals surface area (Å²) in [7, 11) is 0. The van der Waals surface area contributed by atoms with Gasteiger partial charge in [-0.1, -0.05) is 73.1 Å². The number of halogens is 1. The summed E-state index contributed by atoms with van der Waals surface area (Å²) < 4.78 is 0. The Kier molecular flexibility index (Phi) is 10.4. The van der Waals surface area contributed by atoms with Crippen molar-refractivity contribution in [3.8, 4) is 0 Å². The highest BCUT2D eigenvalue weighted by atomic mass is 35.5. The van der Waals surface area contributed by atoms with Crippen LogP contribution < -0.4 is 10.2 Å². The first-order chi connectivity index (χ1) is 20.5. The topological polar surface area (TPSA) is 130 Å². The van der Waals surface area contributed by atoms with Gasteiger partial charge in [-0.05, 0) is 48.4 Å². The molecule has 0 fully saturated rings. The predicted octanol–water partition coefficient (Wildman–Crippen LogP) is 4.00. The monoisotopic (exact) mass is 605 g/mol. The standard InChI is InChI=1S/C33H36ClN3O6/c1-22(7-6-10-30(40)36(17-18-38)20-24-8-4-3-5-9-24)33(43)28-19-26(34)13-16-29(28)37(32(33)42)21-25-11-14-27(15-12-25)35-31(41)23(2)39/h3-9,11-16,19,22-23,38-39,43H,10,17-18,20-21H2,1-2H3,(H,35,41)/b7-6+/t22-,23+,33+/m1/s1. The lowest BCUT2D eigenvalue weighted by Crippen LogP contribution is -2.44. The molecule has 3 amide bonds. The van der Waals surface area contributed by atoms with E-state index < -0.39 is 29.4 Å². The van der Waals surface area contributed by atoms with E-state index in [2.05, 4.69) is 5.32 Å². The van der Waals surface area contributed by atoms with E-state index >= 15 is 0 Å². The van der Waals surface area contributed by atoms with Crippen molar-refractivity contribution >= 4 is 40.7 Å². The van der Waals surface area contributed by atoms with Crippen LogP contribution in [0.1, 0.15) is 37.0 Å². The fourth-order valence-electron chi connectivity index (χ4n) is 5.06. The summed E-state index contributed by atoms with van der Waals surface area (Å²) in [5.41, 5.74) is 1.18. The number of aliphatic hydroxyl groups excluding tert-OH is 2. The van der Waals surface area contributed by atoms with Gasteiger partial charge in [0.1, 0.15) is 6.10 Å². The van der Waals surface area contributed by atoms with Crippen molar-refractivity contribution < 1.29 is 29.7 Å². The maximum Gasteiger partial charge on any atom is 0.264 e. The summed E-state index contributed by atoms with van der Waals surface area (Å²) in [6.07, 6.45) is 2.18. The predicted molar refractivity (Wildman–Crippen MR) is 165 cm³/mol. The Morgan fingerprint density at radius 2 is 1.74 bits per heavy atom. The lowest BCUT2D eigenvalue weighted by Gasteiger charge is -2.28. The molecule has 4 rings (SSSR count). The maximum absolute atomic E-state index is 13.8. The van der Waals surface area contributed by atoms with Crippen molar-refractivity contribution in [2.75, 3.05) is 23.4 Å². The van der Waals surface area contributed by atoms with Gasteiger partial charge in [-0.2, -0.15) is 0 Å². The van der Waals surface area contributed by atoms with E-state index in [9.17, 15) is 29.7 Å². The Bertz CT molecular complexity index is 1480. The zero-order valence-electron chi connectivity index (χ0n) is 24.1. The van der Waals surface area contributed by atoms with Crippen molar-refractivity contribution in [1.82, 2.24) is 4.90 Å². The van der Waals surface area contributed by atoms with Gasteiger partial charge in [0, 0.05) is 41.7 Å². The third-order valence-electron chi connectivity index (χ3n) is 7.49. The number of carbonyl (C=O) groups is 3. The number of carbonyl (C=O) groups excluding carboxylic acids is 3. The summed E-state index contributed by atoms with van der Waals surface area (Å²) in [5, 5.41) is 33.8. The van der Waals surface area contributed by atoms with Gasteiger partial charge in [0.05, 0.1) is 18.8 Å². The highest BCUT2D eigenvalue weighted by molar-refractivity contribution is 6.31. The molecule has 0 saturated heterocycles. The fraction of sp³-hybridized carbons (Fsp3) is 0.303. The molecule has 1 aliphatic heterocycles. The first-order valence-electron chi connectivity index (χ1n) is 14.1. The summed E-state index contributed by atoms with van der Waals surface area (Å²) in [6, 6.07) is 21.3. The highest BCUT2D eigenvalue weighted by Gasteiger charge is 2.52. The second-order valence-corrected chi connectivity index (χ2v) is 11.1. The summed E-state index contributed by atoms with van der Waals surface area (Å²) in [6.45, 7) is 3.63. The molecule has 0 saturated carbocycles. The zero-order valence-corrected chi connectivity index (χ0v) is 24.9. The van der Waals surface area contributed by atoms with Gasteiger partial charge in [0.25, 0.3) is 11.8 Å².